The van der Waals surface area contributed by atoms with Crippen molar-refractivity contribution in [1.29, 1.82) is 0 Å². The Hall–Kier alpha value is -0.970. The van der Waals surface area contributed by atoms with Crippen LogP contribution in [-0.2, 0) is 4.74 Å². The second-order valence-electron chi connectivity index (χ2n) is 6.27. The highest BCUT2D eigenvalue weighted by Gasteiger charge is 2.40. The molecule has 20 heavy (non-hydrogen) atoms. The van der Waals surface area contributed by atoms with E-state index < -0.39 is 0 Å². The van der Waals surface area contributed by atoms with Gasteiger partial charge in [-0.25, -0.2) is 0 Å². The van der Waals surface area contributed by atoms with Crippen molar-refractivity contribution in [1.82, 2.24) is 10.4 Å². The van der Waals surface area contributed by atoms with E-state index >= 15 is 0 Å². The quantitative estimate of drug-likeness (QED) is 0.658. The van der Waals surface area contributed by atoms with Crippen LogP contribution in [0.4, 0.5) is 0 Å². The normalized spacial score (nSPS) is 27.4. The topological polar surface area (TPSA) is 60.2 Å². The van der Waals surface area contributed by atoms with Gasteiger partial charge in [-0.05, 0) is 49.3 Å². The van der Waals surface area contributed by atoms with Crippen molar-refractivity contribution in [3.63, 3.8) is 0 Å². The number of rotatable bonds is 3. The minimum atomic E-state index is 0.128. The number of hydrogen-bond donors (Lipinski definition) is 2. The van der Waals surface area contributed by atoms with Crippen molar-refractivity contribution in [2.75, 3.05) is 6.61 Å². The Morgan fingerprint density at radius 1 is 1.25 bits per heavy atom. The predicted octanol–water partition coefficient (Wildman–Crippen LogP) is 2.72. The van der Waals surface area contributed by atoms with Gasteiger partial charge in [-0.15, -0.1) is 0 Å². The van der Waals surface area contributed by atoms with Crippen LogP contribution in [0, 0.1) is 5.92 Å². The number of hydrazine groups is 1. The van der Waals surface area contributed by atoms with Gasteiger partial charge in [0.05, 0.1) is 5.60 Å². The first-order chi connectivity index (χ1) is 9.83. The summed E-state index contributed by atoms with van der Waals surface area (Å²) in [6, 6.07) is 4.34. The standard InChI is InChI=1S/C16H25N3O/c17-19-15(13-4-9-18-10-5-13)14-6-11-20-16(12-14)7-2-1-3-8-16/h4-5,9-10,14-15,19H,1-3,6-8,11-12,17H2. The van der Waals surface area contributed by atoms with Crippen molar-refractivity contribution >= 4 is 0 Å². The molecule has 2 aliphatic rings. The first-order valence-corrected chi connectivity index (χ1v) is 7.83. The molecule has 2 fully saturated rings. The monoisotopic (exact) mass is 275 g/mol. The van der Waals surface area contributed by atoms with Gasteiger partial charge in [0.25, 0.3) is 0 Å². The van der Waals surface area contributed by atoms with E-state index in [1.54, 1.807) is 0 Å². The SMILES string of the molecule is NNC(c1ccncc1)C1CCOC2(CCCCC2)C1. The van der Waals surface area contributed by atoms with E-state index in [4.69, 9.17) is 10.6 Å². The van der Waals surface area contributed by atoms with Gasteiger partial charge in [-0.2, -0.15) is 0 Å². The van der Waals surface area contributed by atoms with Crippen LogP contribution in [-0.4, -0.2) is 17.2 Å². The highest BCUT2D eigenvalue weighted by atomic mass is 16.5. The van der Waals surface area contributed by atoms with Crippen molar-refractivity contribution in [2.45, 2.75) is 56.6 Å². The molecule has 1 saturated heterocycles. The third-order valence-corrected chi connectivity index (χ3v) is 5.01. The summed E-state index contributed by atoms with van der Waals surface area (Å²) in [4.78, 5) is 4.10. The summed E-state index contributed by atoms with van der Waals surface area (Å²) in [6.45, 7) is 0.869. The fourth-order valence-corrected chi connectivity index (χ4v) is 3.97. The maximum absolute atomic E-state index is 6.19. The molecular formula is C16H25N3O. The highest BCUT2D eigenvalue weighted by molar-refractivity contribution is 5.16. The Morgan fingerprint density at radius 3 is 2.70 bits per heavy atom. The summed E-state index contributed by atoms with van der Waals surface area (Å²) in [7, 11) is 0. The van der Waals surface area contributed by atoms with E-state index in [-0.39, 0.29) is 11.6 Å². The van der Waals surface area contributed by atoms with Crippen molar-refractivity contribution in [3.05, 3.63) is 30.1 Å². The lowest BCUT2D eigenvalue weighted by Gasteiger charge is -2.45. The summed E-state index contributed by atoms with van der Waals surface area (Å²) in [6.07, 6.45) is 12.3. The third kappa shape index (κ3) is 2.87. The second-order valence-corrected chi connectivity index (χ2v) is 6.27. The molecule has 0 radical (unpaired) electrons. The molecule has 1 aliphatic heterocycles. The van der Waals surface area contributed by atoms with Gasteiger partial charge >= 0.3 is 0 Å². The smallest absolute Gasteiger partial charge is 0.0686 e. The molecule has 2 heterocycles. The third-order valence-electron chi connectivity index (χ3n) is 5.01. The van der Waals surface area contributed by atoms with Crippen LogP contribution in [0.2, 0.25) is 0 Å². The molecule has 1 saturated carbocycles. The van der Waals surface area contributed by atoms with Gasteiger partial charge in [0.15, 0.2) is 0 Å². The molecule has 1 spiro atoms. The first kappa shape index (κ1) is 14.0. The fourth-order valence-electron chi connectivity index (χ4n) is 3.97. The minimum absolute atomic E-state index is 0.128. The van der Waals surface area contributed by atoms with E-state index in [1.165, 1.54) is 37.7 Å². The van der Waals surface area contributed by atoms with Crippen LogP contribution in [0.3, 0.4) is 0 Å². The molecule has 1 aliphatic carbocycles. The van der Waals surface area contributed by atoms with Gasteiger partial charge in [0.1, 0.15) is 0 Å². The van der Waals surface area contributed by atoms with E-state index in [1.807, 2.05) is 12.4 Å². The number of nitrogens with one attached hydrogen (secondary N) is 1. The average molecular weight is 275 g/mol. The molecule has 110 valence electrons. The summed E-state index contributed by atoms with van der Waals surface area (Å²) in [5, 5.41) is 0. The summed E-state index contributed by atoms with van der Waals surface area (Å²) in [5.74, 6) is 6.39. The van der Waals surface area contributed by atoms with E-state index in [9.17, 15) is 0 Å². The molecular weight excluding hydrogens is 250 g/mol. The fraction of sp³-hybridized carbons (Fsp3) is 0.688. The van der Waals surface area contributed by atoms with Crippen molar-refractivity contribution in [2.24, 2.45) is 11.8 Å². The van der Waals surface area contributed by atoms with Crippen molar-refractivity contribution in [3.8, 4) is 0 Å². The average Bonchev–Trinajstić information content (AvgIpc) is 2.50. The van der Waals surface area contributed by atoms with Crippen LogP contribution in [0.25, 0.3) is 0 Å². The van der Waals surface area contributed by atoms with Crippen LogP contribution >= 0.6 is 0 Å². The highest BCUT2D eigenvalue weighted by Crippen LogP contribution is 2.43. The lowest BCUT2D eigenvalue weighted by molar-refractivity contribution is -0.122. The molecule has 0 aromatic carbocycles. The Labute approximate surface area is 121 Å². The molecule has 1 aromatic rings. The molecule has 2 unspecified atom stereocenters. The van der Waals surface area contributed by atoms with E-state index in [0.717, 1.165) is 19.4 Å². The first-order valence-electron chi connectivity index (χ1n) is 7.83. The van der Waals surface area contributed by atoms with Crippen molar-refractivity contribution < 1.29 is 4.74 Å². The lowest BCUT2D eigenvalue weighted by Crippen LogP contribution is -2.45. The second kappa shape index (κ2) is 6.20. The van der Waals surface area contributed by atoms with Gasteiger partial charge < -0.3 is 4.74 Å². The van der Waals surface area contributed by atoms with Gasteiger partial charge in [-0.1, -0.05) is 19.3 Å². The Kier molecular flexibility index (Phi) is 4.34. The Morgan fingerprint density at radius 2 is 2.00 bits per heavy atom. The molecule has 0 amide bonds. The maximum atomic E-state index is 6.19. The van der Waals surface area contributed by atoms with Crippen LogP contribution in [0.5, 0.6) is 0 Å². The number of pyridine rings is 1. The summed E-state index contributed by atoms with van der Waals surface area (Å²) < 4.78 is 6.19. The molecule has 3 rings (SSSR count). The summed E-state index contributed by atoms with van der Waals surface area (Å²) >= 11 is 0. The van der Waals surface area contributed by atoms with Crippen LogP contribution < -0.4 is 11.3 Å². The number of ether oxygens (including phenoxy) is 1. The molecule has 3 N–H and O–H groups in total. The molecule has 2 atom stereocenters. The van der Waals surface area contributed by atoms with E-state index in [0.29, 0.717) is 5.92 Å². The Bertz CT molecular complexity index is 411. The minimum Gasteiger partial charge on any atom is -0.375 e. The molecule has 4 heteroatoms. The molecule has 0 bridgehead atoms. The Balaban J connectivity index is 1.75. The number of nitrogens with two attached hydrogens (primary N) is 1. The maximum Gasteiger partial charge on any atom is 0.0686 e. The zero-order valence-corrected chi connectivity index (χ0v) is 12.1. The van der Waals surface area contributed by atoms with Gasteiger partial charge in [-0.3, -0.25) is 16.3 Å². The van der Waals surface area contributed by atoms with Crippen LogP contribution in [0.1, 0.15) is 56.6 Å². The van der Waals surface area contributed by atoms with Gasteiger partial charge in [0.2, 0.25) is 0 Å². The zero-order chi connectivity index (χ0) is 13.8. The van der Waals surface area contributed by atoms with Gasteiger partial charge in [0, 0.05) is 25.0 Å². The van der Waals surface area contributed by atoms with E-state index in [2.05, 4.69) is 22.5 Å². The van der Waals surface area contributed by atoms with Crippen LogP contribution in [0.15, 0.2) is 24.5 Å². The lowest BCUT2D eigenvalue weighted by atomic mass is 9.73. The predicted molar refractivity (Wildman–Crippen MR) is 78.8 cm³/mol. The molecule has 4 nitrogen and oxygen atoms in total. The zero-order valence-electron chi connectivity index (χ0n) is 12.1. The number of nitrogens with zero attached hydrogens (tertiary/aromatic N) is 1. The number of hydrogen-bond acceptors (Lipinski definition) is 4. The summed E-state index contributed by atoms with van der Waals surface area (Å²) in [5.41, 5.74) is 4.39. The largest absolute Gasteiger partial charge is 0.375 e. The number of aromatic nitrogens is 1. The molecule has 1 aromatic heterocycles.